The van der Waals surface area contributed by atoms with Gasteiger partial charge in [0.25, 0.3) is 0 Å². The molecule has 4 N–H and O–H groups in total. The van der Waals surface area contributed by atoms with E-state index < -0.39 is 11.5 Å². The first-order valence-electron chi connectivity index (χ1n) is 19.5. The Morgan fingerprint density at radius 1 is 0.938 bits per heavy atom. The highest BCUT2D eigenvalue weighted by molar-refractivity contribution is 6.00. The first-order chi connectivity index (χ1) is 22.4. The van der Waals surface area contributed by atoms with Crippen molar-refractivity contribution < 1.29 is 24.3 Å². The summed E-state index contributed by atoms with van der Waals surface area (Å²) in [6, 6.07) is 0. The molecular formula is C41H64N2O5. The lowest BCUT2D eigenvalue weighted by Gasteiger charge is -2.67. The van der Waals surface area contributed by atoms with E-state index >= 15 is 0 Å². The predicted molar refractivity (Wildman–Crippen MR) is 188 cm³/mol. The fourth-order valence-electron chi connectivity index (χ4n) is 13.3. The zero-order valence-corrected chi connectivity index (χ0v) is 31.1. The molecule has 0 aromatic carbocycles. The number of allylic oxidation sites excluding steroid dienone is 2. The van der Waals surface area contributed by atoms with Crippen molar-refractivity contribution in [3.8, 4) is 0 Å². The summed E-state index contributed by atoms with van der Waals surface area (Å²) in [4.78, 5) is 51.3. The average Bonchev–Trinajstić information content (AvgIpc) is 3.29. The van der Waals surface area contributed by atoms with Crippen molar-refractivity contribution >= 4 is 23.4 Å². The highest BCUT2D eigenvalue weighted by atomic mass is 16.4. The zero-order valence-electron chi connectivity index (χ0n) is 31.1. The molecule has 5 saturated carbocycles. The normalized spacial score (nSPS) is 43.9. The van der Waals surface area contributed by atoms with Crippen molar-refractivity contribution in [3.63, 3.8) is 0 Å². The number of nitrogens with one attached hydrogen (secondary N) is 1. The molecule has 12 atom stereocenters. The van der Waals surface area contributed by atoms with Gasteiger partial charge in [0.15, 0.2) is 5.78 Å². The SMILES string of the molecule is CC(C)C1=C2C3CCC4C(C)(CCC5C(C)C(CC(=O)C6CC(C(=O)O)C6C)CCC54C)C3CCC2(CCNC(=O)C(C)(C)N)CC1=O. The van der Waals surface area contributed by atoms with Crippen molar-refractivity contribution in [3.05, 3.63) is 11.1 Å². The zero-order chi connectivity index (χ0) is 35.1. The van der Waals surface area contributed by atoms with Gasteiger partial charge in [-0.15, -0.1) is 0 Å². The number of ketones is 2. The molecule has 6 rings (SSSR count). The molecule has 0 aromatic rings. The minimum Gasteiger partial charge on any atom is -0.481 e. The summed E-state index contributed by atoms with van der Waals surface area (Å²) in [7, 11) is 0. The van der Waals surface area contributed by atoms with E-state index in [1.165, 1.54) is 31.3 Å². The number of carboxylic acids is 1. The summed E-state index contributed by atoms with van der Waals surface area (Å²) >= 11 is 0. The van der Waals surface area contributed by atoms with Crippen LogP contribution in [-0.2, 0) is 19.2 Å². The van der Waals surface area contributed by atoms with Gasteiger partial charge in [-0.2, -0.15) is 0 Å². The first-order valence-corrected chi connectivity index (χ1v) is 19.5. The highest BCUT2D eigenvalue weighted by Gasteiger charge is 2.64. The fraction of sp³-hybridized carbons (Fsp3) is 0.854. The summed E-state index contributed by atoms with van der Waals surface area (Å²) < 4.78 is 0. The number of nitrogens with two attached hydrogens (primary N) is 1. The van der Waals surface area contributed by atoms with Gasteiger partial charge in [-0.05, 0) is 142 Å². The summed E-state index contributed by atoms with van der Waals surface area (Å²) in [5.41, 5.74) is 8.07. The van der Waals surface area contributed by atoms with E-state index in [0.717, 1.165) is 37.7 Å². The molecule has 0 saturated heterocycles. The molecule has 1 amide bonds. The Kier molecular flexibility index (Phi) is 9.20. The van der Waals surface area contributed by atoms with Gasteiger partial charge in [0.2, 0.25) is 5.91 Å². The number of carbonyl (C=O) groups excluding carboxylic acids is 3. The van der Waals surface area contributed by atoms with E-state index in [2.05, 4.69) is 39.9 Å². The molecule has 0 aliphatic heterocycles. The number of hydrogen-bond donors (Lipinski definition) is 3. The molecule has 0 bridgehead atoms. The van der Waals surface area contributed by atoms with Crippen LogP contribution in [0, 0.1) is 75.4 Å². The Morgan fingerprint density at radius 2 is 1.58 bits per heavy atom. The number of fused-ring (bicyclic) bond motifs is 7. The average molecular weight is 665 g/mol. The number of rotatable bonds is 9. The molecule has 7 heteroatoms. The van der Waals surface area contributed by atoms with Gasteiger partial charge in [0.1, 0.15) is 5.78 Å². The summed E-state index contributed by atoms with van der Waals surface area (Å²) in [5.74, 6) is 2.65. The number of Topliss-reactive ketones (excluding diaryl/α,β-unsaturated/α-hetero) is 2. The molecule has 0 spiro atoms. The van der Waals surface area contributed by atoms with Crippen LogP contribution in [0.5, 0.6) is 0 Å². The van der Waals surface area contributed by atoms with E-state index in [1.54, 1.807) is 13.8 Å². The molecule has 268 valence electrons. The lowest BCUT2D eigenvalue weighted by Crippen LogP contribution is -2.60. The largest absolute Gasteiger partial charge is 0.481 e. The van der Waals surface area contributed by atoms with Crippen LogP contribution >= 0.6 is 0 Å². The molecule has 6 aliphatic carbocycles. The number of carbonyl (C=O) groups is 4. The van der Waals surface area contributed by atoms with Gasteiger partial charge >= 0.3 is 5.97 Å². The maximum absolute atomic E-state index is 13.8. The van der Waals surface area contributed by atoms with Gasteiger partial charge in [-0.1, -0.05) is 47.1 Å². The molecule has 6 aliphatic rings. The van der Waals surface area contributed by atoms with Gasteiger partial charge in [-0.3, -0.25) is 19.2 Å². The lowest BCUT2D eigenvalue weighted by molar-refractivity contribution is -0.172. The van der Waals surface area contributed by atoms with Crippen LogP contribution in [0.4, 0.5) is 0 Å². The molecule has 0 aromatic heterocycles. The van der Waals surface area contributed by atoms with E-state index in [1.807, 2.05) is 6.92 Å². The molecule has 7 nitrogen and oxygen atoms in total. The molecule has 5 fully saturated rings. The van der Waals surface area contributed by atoms with E-state index in [0.29, 0.717) is 72.9 Å². The Morgan fingerprint density at radius 3 is 2.21 bits per heavy atom. The summed E-state index contributed by atoms with van der Waals surface area (Å²) in [5, 5.41) is 12.5. The monoisotopic (exact) mass is 664 g/mol. The van der Waals surface area contributed by atoms with Crippen molar-refractivity contribution in [1.82, 2.24) is 5.32 Å². The second-order valence-electron chi connectivity index (χ2n) is 19.1. The third kappa shape index (κ3) is 5.55. The molecule has 0 radical (unpaired) electrons. The van der Waals surface area contributed by atoms with E-state index in [9.17, 15) is 24.3 Å². The van der Waals surface area contributed by atoms with Crippen molar-refractivity contribution in [1.29, 1.82) is 0 Å². The Labute approximate surface area is 289 Å². The molecule has 12 unspecified atom stereocenters. The van der Waals surface area contributed by atoms with E-state index in [-0.39, 0.29) is 45.8 Å². The molecular weight excluding hydrogens is 600 g/mol. The van der Waals surface area contributed by atoms with E-state index in [4.69, 9.17) is 5.73 Å². The summed E-state index contributed by atoms with van der Waals surface area (Å²) in [6.45, 7) is 18.0. The standard InChI is InChI=1S/C41H64N2O5/c1-22(2)34-32(45)21-41(17-18-43-37(48)38(5,6)42)16-13-30-26(35(34)41)9-10-33-39(7)14-11-25(23(3)29(39)12-15-40(30,33)8)19-31(44)27-20-28(24(27)4)36(46)47/h22-30,33H,9-21,42H2,1-8H3,(H,43,48)(H,46,47). The second-order valence-corrected chi connectivity index (χ2v) is 19.1. The quantitative estimate of drug-likeness (QED) is 0.236. The van der Waals surface area contributed by atoms with Crippen LogP contribution in [0.2, 0.25) is 0 Å². The maximum atomic E-state index is 13.8. The second kappa shape index (κ2) is 12.3. The Balaban J connectivity index is 1.19. The fourth-order valence-corrected chi connectivity index (χ4v) is 13.3. The van der Waals surface area contributed by atoms with Crippen LogP contribution in [0.15, 0.2) is 11.1 Å². The van der Waals surface area contributed by atoms with Crippen LogP contribution in [0.3, 0.4) is 0 Å². The van der Waals surface area contributed by atoms with Gasteiger partial charge in [0.05, 0.1) is 11.5 Å². The number of carboxylic acid groups (broad SMARTS) is 1. The highest BCUT2D eigenvalue weighted by Crippen LogP contribution is 2.72. The first kappa shape index (κ1) is 35.8. The Bertz CT molecular complexity index is 1380. The van der Waals surface area contributed by atoms with Crippen molar-refractivity contribution in [2.45, 2.75) is 138 Å². The number of aliphatic carboxylic acids is 1. The van der Waals surface area contributed by atoms with Gasteiger partial charge in [0, 0.05) is 30.7 Å². The van der Waals surface area contributed by atoms with Crippen molar-refractivity contribution in [2.24, 2.45) is 81.2 Å². The van der Waals surface area contributed by atoms with Crippen molar-refractivity contribution in [2.75, 3.05) is 6.54 Å². The molecule has 48 heavy (non-hydrogen) atoms. The third-order valence-corrected chi connectivity index (χ3v) is 16.0. The topological polar surface area (TPSA) is 127 Å². The predicted octanol–water partition coefficient (Wildman–Crippen LogP) is 7.36. The summed E-state index contributed by atoms with van der Waals surface area (Å²) in [6.07, 6.45) is 11.8. The van der Waals surface area contributed by atoms with Crippen LogP contribution in [0.1, 0.15) is 132 Å². The molecule has 0 heterocycles. The maximum Gasteiger partial charge on any atom is 0.306 e. The smallest absolute Gasteiger partial charge is 0.306 e. The lowest BCUT2D eigenvalue weighted by atomic mass is 9.37. The number of amides is 1. The minimum atomic E-state index is -0.919. The van der Waals surface area contributed by atoms with Gasteiger partial charge < -0.3 is 16.2 Å². The van der Waals surface area contributed by atoms with Crippen LogP contribution in [0.25, 0.3) is 0 Å². The Hall–Kier alpha value is -2.02. The number of hydrogen-bond acceptors (Lipinski definition) is 5. The van der Waals surface area contributed by atoms with Crippen LogP contribution < -0.4 is 11.1 Å². The van der Waals surface area contributed by atoms with Crippen LogP contribution in [-0.4, -0.2) is 40.6 Å². The van der Waals surface area contributed by atoms with Gasteiger partial charge in [-0.25, -0.2) is 0 Å². The minimum absolute atomic E-state index is 0.0442. The third-order valence-electron chi connectivity index (χ3n) is 16.0.